The van der Waals surface area contributed by atoms with Crippen molar-refractivity contribution in [2.24, 2.45) is 0 Å². The Hall–Kier alpha value is -2.00. The maximum Gasteiger partial charge on any atom is 0.149 e. The lowest BCUT2D eigenvalue weighted by atomic mass is 10.2. The Morgan fingerprint density at radius 1 is 1.43 bits per heavy atom. The van der Waals surface area contributed by atoms with Gasteiger partial charge in [0.25, 0.3) is 0 Å². The van der Waals surface area contributed by atoms with Crippen LogP contribution in [0.15, 0.2) is 18.2 Å². The molecule has 0 amide bonds. The average molecular weight is 189 g/mol. The summed E-state index contributed by atoms with van der Waals surface area (Å²) >= 11 is 0. The van der Waals surface area contributed by atoms with Crippen LogP contribution in [0, 0.1) is 29.0 Å². The van der Waals surface area contributed by atoms with Gasteiger partial charge in [-0.25, -0.2) is 4.39 Å². The highest BCUT2D eigenvalue weighted by atomic mass is 19.1. The number of rotatable bonds is 2. The molecule has 0 fully saturated rings. The zero-order valence-corrected chi connectivity index (χ0v) is 7.67. The number of benzene rings is 1. The SMILES string of the molecule is CC#CCOc1cc(F)cc(C#N)c1. The van der Waals surface area contributed by atoms with Crippen LogP contribution in [0.3, 0.4) is 0 Å². The second kappa shape index (κ2) is 4.89. The Balaban J connectivity index is 2.81. The average Bonchev–Trinajstić information content (AvgIpc) is 2.17. The number of hydrogen-bond acceptors (Lipinski definition) is 2. The van der Waals surface area contributed by atoms with Gasteiger partial charge >= 0.3 is 0 Å². The van der Waals surface area contributed by atoms with Crippen LogP contribution in [-0.2, 0) is 0 Å². The van der Waals surface area contributed by atoms with E-state index in [9.17, 15) is 4.39 Å². The second-order valence-corrected chi connectivity index (χ2v) is 2.50. The van der Waals surface area contributed by atoms with Crippen molar-refractivity contribution in [1.82, 2.24) is 0 Å². The van der Waals surface area contributed by atoms with E-state index >= 15 is 0 Å². The molecular weight excluding hydrogens is 181 g/mol. The number of ether oxygens (including phenoxy) is 1. The lowest BCUT2D eigenvalue weighted by Crippen LogP contribution is -1.94. The molecule has 0 saturated carbocycles. The molecule has 1 aromatic rings. The van der Waals surface area contributed by atoms with Gasteiger partial charge in [-0.2, -0.15) is 5.26 Å². The molecule has 2 nitrogen and oxygen atoms in total. The zero-order valence-electron chi connectivity index (χ0n) is 7.67. The van der Waals surface area contributed by atoms with Crippen molar-refractivity contribution in [3.05, 3.63) is 29.6 Å². The maximum atomic E-state index is 12.9. The van der Waals surface area contributed by atoms with E-state index in [1.54, 1.807) is 6.92 Å². The monoisotopic (exact) mass is 189 g/mol. The standard InChI is InChI=1S/C11H8FNO/c1-2-3-4-14-11-6-9(8-13)5-10(12)7-11/h5-7H,4H2,1H3. The van der Waals surface area contributed by atoms with E-state index in [1.807, 2.05) is 6.07 Å². The minimum absolute atomic E-state index is 0.199. The summed E-state index contributed by atoms with van der Waals surface area (Å²) in [5.41, 5.74) is 0.240. The number of nitriles is 1. The fraction of sp³-hybridized carbons (Fsp3) is 0.182. The Labute approximate surface area is 81.9 Å². The molecule has 3 heteroatoms. The Morgan fingerprint density at radius 3 is 2.86 bits per heavy atom. The van der Waals surface area contributed by atoms with E-state index in [0.717, 1.165) is 6.07 Å². The molecule has 0 N–H and O–H groups in total. The van der Waals surface area contributed by atoms with Crippen LogP contribution in [-0.4, -0.2) is 6.61 Å². The van der Waals surface area contributed by atoms with Crippen molar-refractivity contribution in [2.45, 2.75) is 6.92 Å². The third-order valence-electron chi connectivity index (χ3n) is 1.49. The molecule has 0 spiro atoms. The predicted molar refractivity (Wildman–Crippen MR) is 50.1 cm³/mol. The predicted octanol–water partition coefficient (Wildman–Crippen LogP) is 2.10. The second-order valence-electron chi connectivity index (χ2n) is 2.50. The van der Waals surface area contributed by atoms with Crippen molar-refractivity contribution >= 4 is 0 Å². The van der Waals surface area contributed by atoms with Gasteiger partial charge < -0.3 is 4.74 Å². The van der Waals surface area contributed by atoms with Gasteiger partial charge in [0, 0.05) is 6.07 Å². The minimum Gasteiger partial charge on any atom is -0.481 e. The van der Waals surface area contributed by atoms with Crippen LogP contribution in [0.1, 0.15) is 12.5 Å². The topological polar surface area (TPSA) is 33.0 Å². The van der Waals surface area contributed by atoms with Gasteiger partial charge in [0.1, 0.15) is 18.2 Å². The van der Waals surface area contributed by atoms with Gasteiger partial charge in [0.2, 0.25) is 0 Å². The van der Waals surface area contributed by atoms with Gasteiger partial charge in [0.05, 0.1) is 11.6 Å². The van der Waals surface area contributed by atoms with Crippen LogP contribution in [0.5, 0.6) is 5.75 Å². The van der Waals surface area contributed by atoms with Gasteiger partial charge in [-0.05, 0) is 19.1 Å². The van der Waals surface area contributed by atoms with Crippen molar-refractivity contribution in [3.8, 4) is 23.7 Å². The van der Waals surface area contributed by atoms with E-state index in [2.05, 4.69) is 11.8 Å². The molecule has 0 unspecified atom stereocenters. The van der Waals surface area contributed by atoms with Crippen LogP contribution in [0.25, 0.3) is 0 Å². The first-order valence-electron chi connectivity index (χ1n) is 3.99. The van der Waals surface area contributed by atoms with Crippen molar-refractivity contribution in [1.29, 1.82) is 5.26 Å². The maximum absolute atomic E-state index is 12.9. The molecule has 0 aliphatic heterocycles. The quantitative estimate of drug-likeness (QED) is 0.667. The Morgan fingerprint density at radius 2 is 2.21 bits per heavy atom. The molecule has 0 radical (unpaired) electrons. The molecule has 0 bridgehead atoms. The third kappa shape index (κ3) is 2.80. The summed E-state index contributed by atoms with van der Waals surface area (Å²) in [5, 5.41) is 8.56. The van der Waals surface area contributed by atoms with E-state index < -0.39 is 5.82 Å². The van der Waals surface area contributed by atoms with Crippen LogP contribution < -0.4 is 4.74 Å². The molecule has 0 saturated heterocycles. The van der Waals surface area contributed by atoms with Gasteiger partial charge in [-0.15, -0.1) is 5.92 Å². The van der Waals surface area contributed by atoms with Crippen LogP contribution in [0.4, 0.5) is 4.39 Å². The minimum atomic E-state index is -0.483. The Kier molecular flexibility index (Phi) is 3.52. The highest BCUT2D eigenvalue weighted by Gasteiger charge is 2.00. The molecule has 1 aromatic carbocycles. The zero-order chi connectivity index (χ0) is 10.4. The summed E-state index contributed by atoms with van der Waals surface area (Å²) in [6.45, 7) is 1.89. The molecule has 0 aromatic heterocycles. The first-order valence-corrected chi connectivity index (χ1v) is 3.99. The van der Waals surface area contributed by atoms with E-state index in [-0.39, 0.29) is 12.2 Å². The van der Waals surface area contributed by atoms with Gasteiger partial charge in [-0.1, -0.05) is 5.92 Å². The van der Waals surface area contributed by atoms with Gasteiger partial charge in [0.15, 0.2) is 0 Å². The lowest BCUT2D eigenvalue weighted by Gasteiger charge is -2.01. The number of halogens is 1. The highest BCUT2D eigenvalue weighted by Crippen LogP contribution is 2.15. The number of hydrogen-bond donors (Lipinski definition) is 0. The summed E-state index contributed by atoms with van der Waals surface area (Å²) in [6, 6.07) is 5.69. The Bertz CT molecular complexity index is 423. The summed E-state index contributed by atoms with van der Waals surface area (Å²) in [4.78, 5) is 0. The first kappa shape index (κ1) is 10.1. The molecule has 0 aliphatic carbocycles. The van der Waals surface area contributed by atoms with Crippen LogP contribution in [0.2, 0.25) is 0 Å². The summed E-state index contributed by atoms with van der Waals surface area (Å²) in [5.74, 6) is 5.16. The summed E-state index contributed by atoms with van der Waals surface area (Å²) in [7, 11) is 0. The fourth-order valence-corrected chi connectivity index (χ4v) is 0.902. The summed E-state index contributed by atoms with van der Waals surface area (Å²) < 4.78 is 18.0. The van der Waals surface area contributed by atoms with Crippen LogP contribution >= 0.6 is 0 Å². The summed E-state index contributed by atoms with van der Waals surface area (Å²) in [6.07, 6.45) is 0. The molecular formula is C11H8FNO. The van der Waals surface area contributed by atoms with E-state index in [4.69, 9.17) is 10.00 Å². The molecule has 0 aliphatic rings. The normalized spacial score (nSPS) is 8.36. The van der Waals surface area contributed by atoms with Crippen molar-refractivity contribution in [3.63, 3.8) is 0 Å². The van der Waals surface area contributed by atoms with E-state index in [1.165, 1.54) is 12.1 Å². The molecule has 0 atom stereocenters. The highest BCUT2D eigenvalue weighted by molar-refractivity contribution is 5.37. The molecule has 1 rings (SSSR count). The number of nitrogens with zero attached hydrogens (tertiary/aromatic N) is 1. The smallest absolute Gasteiger partial charge is 0.149 e. The largest absolute Gasteiger partial charge is 0.481 e. The first-order chi connectivity index (χ1) is 6.76. The molecule has 14 heavy (non-hydrogen) atoms. The van der Waals surface area contributed by atoms with E-state index in [0.29, 0.717) is 5.75 Å². The molecule has 0 heterocycles. The third-order valence-corrected chi connectivity index (χ3v) is 1.49. The van der Waals surface area contributed by atoms with Crippen molar-refractivity contribution < 1.29 is 9.13 Å². The molecule has 70 valence electrons. The fourth-order valence-electron chi connectivity index (χ4n) is 0.902. The van der Waals surface area contributed by atoms with Gasteiger partial charge in [-0.3, -0.25) is 0 Å². The van der Waals surface area contributed by atoms with Crippen molar-refractivity contribution in [2.75, 3.05) is 6.61 Å². The lowest BCUT2D eigenvalue weighted by molar-refractivity contribution is 0.367.